The molecule has 1 unspecified atom stereocenters. The molecule has 1 aromatic heterocycles. The number of aliphatic hydroxyl groups is 1. The maximum absolute atomic E-state index is 14.5. The van der Waals surface area contributed by atoms with Crippen LogP contribution in [0.3, 0.4) is 0 Å². The van der Waals surface area contributed by atoms with E-state index in [1.807, 2.05) is 48.9 Å². The Morgan fingerprint density at radius 2 is 1.78 bits per heavy atom. The number of hydrogen-bond acceptors (Lipinski definition) is 11. The Hall–Kier alpha value is -4.31. The van der Waals surface area contributed by atoms with Gasteiger partial charge in [0.1, 0.15) is 18.4 Å². The average Bonchev–Trinajstić information content (AvgIpc) is 3.76. The molecule has 0 saturated heterocycles. The monoisotopic (exact) mass is 739 g/mol. The number of likely N-dealkylation sites (N-methyl/N-ethyl adjacent to an activating group) is 1. The Bertz CT molecular complexity index is 1590. The van der Waals surface area contributed by atoms with Crippen LogP contribution in [0.2, 0.25) is 0 Å². The van der Waals surface area contributed by atoms with E-state index < -0.39 is 42.1 Å². The molecule has 2 aromatic carbocycles. The number of hydrazine groups is 1. The molecule has 0 fully saturated rings. The number of nitrogens with zero attached hydrogens (tertiary/aromatic N) is 3. The highest BCUT2D eigenvalue weighted by atomic mass is 32.2. The predicted molar refractivity (Wildman–Crippen MR) is 199 cm³/mol. The number of amides is 4. The topological polar surface area (TPSA) is 168 Å². The molecule has 2 heterocycles. The highest BCUT2D eigenvalue weighted by Gasteiger charge is 2.38. The van der Waals surface area contributed by atoms with E-state index in [1.54, 1.807) is 55.5 Å². The number of thiazole rings is 1. The van der Waals surface area contributed by atoms with Crippen LogP contribution in [0.4, 0.5) is 9.59 Å². The number of carbonyl (C=O) groups excluding carboxylic acids is 3. The van der Waals surface area contributed by atoms with Crippen molar-refractivity contribution in [3.05, 3.63) is 93.4 Å². The molecule has 13 nitrogen and oxygen atoms in total. The van der Waals surface area contributed by atoms with Crippen LogP contribution in [0, 0.1) is 11.8 Å². The lowest BCUT2D eigenvalue weighted by molar-refractivity contribution is -0.143. The van der Waals surface area contributed by atoms with Crippen molar-refractivity contribution in [1.82, 2.24) is 36.3 Å². The first-order chi connectivity index (χ1) is 24.4. The zero-order valence-electron chi connectivity index (χ0n) is 29.6. The second kappa shape index (κ2) is 19.3. The minimum absolute atomic E-state index is 0.0345. The molecule has 4 rings (SSSR count). The van der Waals surface area contributed by atoms with E-state index in [1.165, 1.54) is 11.3 Å². The summed E-state index contributed by atoms with van der Waals surface area (Å²) < 4.78 is 5.44. The van der Waals surface area contributed by atoms with Crippen molar-refractivity contribution >= 4 is 41.1 Å². The molecular formula is C36H49N7O6S2. The maximum Gasteiger partial charge on any atom is 0.426 e. The Morgan fingerprint density at radius 1 is 1.04 bits per heavy atom. The van der Waals surface area contributed by atoms with Gasteiger partial charge in [-0.25, -0.2) is 20.0 Å². The summed E-state index contributed by atoms with van der Waals surface area (Å²) >= 11 is 3.02. The summed E-state index contributed by atoms with van der Waals surface area (Å²) in [5.41, 5.74) is 6.78. The van der Waals surface area contributed by atoms with Crippen molar-refractivity contribution in [2.45, 2.75) is 70.8 Å². The lowest BCUT2D eigenvalue weighted by Crippen LogP contribution is -2.64. The fraction of sp³-hybridized carbons (Fsp3) is 0.444. The smallest absolute Gasteiger partial charge is 0.426 e. The van der Waals surface area contributed by atoms with Crippen molar-refractivity contribution in [3.8, 4) is 5.75 Å². The number of aromatic hydroxyl groups is 1. The van der Waals surface area contributed by atoms with Gasteiger partial charge in [-0.2, -0.15) is 0 Å². The van der Waals surface area contributed by atoms with Gasteiger partial charge in [-0.05, 0) is 46.9 Å². The van der Waals surface area contributed by atoms with Gasteiger partial charge in [0.2, 0.25) is 0 Å². The number of thioether (sulfide) groups is 1. The highest BCUT2D eigenvalue weighted by molar-refractivity contribution is 8.02. The fourth-order valence-electron chi connectivity index (χ4n) is 5.59. The largest absolute Gasteiger partial charge is 0.508 e. The molecule has 4 amide bonds. The van der Waals surface area contributed by atoms with Crippen LogP contribution in [0.5, 0.6) is 5.75 Å². The van der Waals surface area contributed by atoms with Gasteiger partial charge in [0, 0.05) is 32.0 Å². The first-order valence-electron chi connectivity index (χ1n) is 16.9. The molecule has 0 aliphatic carbocycles. The Morgan fingerprint density at radius 3 is 2.43 bits per heavy atom. The molecule has 0 bridgehead atoms. The van der Waals surface area contributed by atoms with Gasteiger partial charge in [-0.1, -0.05) is 70.2 Å². The van der Waals surface area contributed by atoms with Crippen molar-refractivity contribution in [1.29, 1.82) is 0 Å². The second-order valence-corrected chi connectivity index (χ2v) is 15.0. The number of phenols is 1. The molecule has 276 valence electrons. The van der Waals surface area contributed by atoms with Crippen LogP contribution in [0.25, 0.3) is 0 Å². The molecule has 0 spiro atoms. The fourth-order valence-corrected chi connectivity index (χ4v) is 7.27. The molecule has 1 aliphatic heterocycles. The number of aliphatic hydroxyl groups excluding tert-OH is 1. The van der Waals surface area contributed by atoms with Gasteiger partial charge in [0.15, 0.2) is 0 Å². The molecule has 6 N–H and O–H groups in total. The van der Waals surface area contributed by atoms with Gasteiger partial charge < -0.3 is 35.8 Å². The van der Waals surface area contributed by atoms with Crippen molar-refractivity contribution in [2.24, 2.45) is 11.8 Å². The predicted octanol–water partition coefficient (Wildman–Crippen LogP) is 4.41. The molecule has 15 heteroatoms. The Labute approximate surface area is 307 Å². The SMILES string of the molecule is CC(C)C1SC=C(CNC(=O)N[C@H](C(=O)N(NC(=O)OCc2cncs2)[C@@H](Cc2ccccc2)[C@@H](O)CNCc2cccc(O)c2)C(C)C)N1C. The molecule has 4 atom stereocenters. The van der Waals surface area contributed by atoms with Crippen molar-refractivity contribution in [2.75, 3.05) is 20.1 Å². The second-order valence-electron chi connectivity index (χ2n) is 13.0. The third-order valence-electron chi connectivity index (χ3n) is 8.33. The van der Waals surface area contributed by atoms with E-state index in [0.717, 1.165) is 21.8 Å². The Kier molecular flexibility index (Phi) is 15.0. The van der Waals surface area contributed by atoms with Crippen LogP contribution in [0.15, 0.2) is 77.4 Å². The summed E-state index contributed by atoms with van der Waals surface area (Å²) in [6.07, 6.45) is -0.344. The van der Waals surface area contributed by atoms with Crippen molar-refractivity contribution in [3.63, 3.8) is 0 Å². The summed E-state index contributed by atoms with van der Waals surface area (Å²) in [5.74, 6) is -0.487. The highest BCUT2D eigenvalue weighted by Crippen LogP contribution is 2.33. The molecule has 3 aromatic rings. The minimum atomic E-state index is -1.19. The molecule has 51 heavy (non-hydrogen) atoms. The number of ether oxygens (including phenoxy) is 1. The average molecular weight is 740 g/mol. The minimum Gasteiger partial charge on any atom is -0.508 e. The maximum atomic E-state index is 14.5. The molecule has 0 saturated carbocycles. The number of rotatable bonds is 16. The third-order valence-corrected chi connectivity index (χ3v) is 10.6. The number of urea groups is 1. The van der Waals surface area contributed by atoms with Crippen LogP contribution in [-0.4, -0.2) is 86.8 Å². The number of nitrogens with one attached hydrogen (secondary N) is 4. The number of benzene rings is 2. The van der Waals surface area contributed by atoms with Gasteiger partial charge in [-0.3, -0.25) is 9.78 Å². The van der Waals surface area contributed by atoms with Gasteiger partial charge >= 0.3 is 12.1 Å². The van der Waals surface area contributed by atoms with Crippen molar-refractivity contribution < 1.29 is 29.3 Å². The zero-order chi connectivity index (χ0) is 36.9. The van der Waals surface area contributed by atoms with Gasteiger partial charge in [-0.15, -0.1) is 23.1 Å². The molecule has 1 aliphatic rings. The summed E-state index contributed by atoms with van der Waals surface area (Å²) in [4.78, 5) is 47.9. The summed E-state index contributed by atoms with van der Waals surface area (Å²) in [6, 6.07) is 13.4. The van der Waals surface area contributed by atoms with E-state index in [9.17, 15) is 24.6 Å². The summed E-state index contributed by atoms with van der Waals surface area (Å²) in [7, 11) is 1.99. The van der Waals surface area contributed by atoms with Crippen LogP contribution >= 0.6 is 23.1 Å². The third kappa shape index (κ3) is 11.9. The zero-order valence-corrected chi connectivity index (χ0v) is 31.2. The van der Waals surface area contributed by atoms with E-state index in [0.29, 0.717) is 17.3 Å². The lowest BCUT2D eigenvalue weighted by atomic mass is 9.97. The molecular weight excluding hydrogens is 691 g/mol. The van der Waals surface area contributed by atoms with E-state index in [-0.39, 0.29) is 37.2 Å². The first kappa shape index (κ1) is 39.5. The number of hydrogen-bond donors (Lipinski definition) is 6. The van der Waals surface area contributed by atoms with Crippen LogP contribution in [0.1, 0.15) is 43.7 Å². The van der Waals surface area contributed by atoms with E-state index >= 15 is 0 Å². The summed E-state index contributed by atoms with van der Waals surface area (Å²) in [6.45, 7) is 8.44. The van der Waals surface area contributed by atoms with E-state index in [4.69, 9.17) is 4.74 Å². The lowest BCUT2D eigenvalue weighted by Gasteiger charge is -2.37. The summed E-state index contributed by atoms with van der Waals surface area (Å²) in [5, 5.41) is 33.8. The van der Waals surface area contributed by atoms with Crippen LogP contribution in [-0.2, 0) is 29.1 Å². The van der Waals surface area contributed by atoms with Gasteiger partial charge in [0.05, 0.1) is 34.5 Å². The number of phenolic OH excluding ortho intramolecular Hbond substituents is 1. The first-order valence-corrected chi connectivity index (χ1v) is 18.7. The van der Waals surface area contributed by atoms with Crippen LogP contribution < -0.4 is 21.4 Å². The standard InChI is InChI=1S/C36H49N7O6S2/c1-23(2)32(40-35(47)39-17-27-21-50-34(24(3)4)42(27)5)33(46)43(41-36(48)49-20-29-18-38-22-51-29)30(15-25-10-7-6-8-11-25)31(45)19-37-16-26-12-9-13-28(44)14-26/h6-14,18,21-24,30-32,34,37,44-45H,15-17,19-20H2,1-5H3,(H,41,48)(H2,39,40,47)/t30-,31-,32-,34?/m0/s1. The Balaban J connectivity index is 1.55. The van der Waals surface area contributed by atoms with E-state index in [2.05, 4.69) is 45.1 Å². The normalized spacial score (nSPS) is 16.0. The quantitative estimate of drug-likeness (QED) is 0.116. The van der Waals surface area contributed by atoms with Gasteiger partial charge in [0.25, 0.3) is 5.91 Å². The number of aromatic nitrogens is 1. The molecule has 0 radical (unpaired) electrons. The number of carbonyl (C=O) groups is 3.